The molecule has 2 aliphatic heterocycles. The Hall–Kier alpha value is -1.82. The molecule has 2 fully saturated rings. The van der Waals surface area contributed by atoms with Gasteiger partial charge in [-0.1, -0.05) is 18.2 Å². The number of aromatic nitrogens is 1. The molecule has 4 rings (SSSR count). The van der Waals surface area contributed by atoms with Crippen molar-refractivity contribution in [3.05, 3.63) is 65.7 Å². The van der Waals surface area contributed by atoms with E-state index in [1.165, 1.54) is 5.56 Å². The Morgan fingerprint density at radius 1 is 1.19 bits per heavy atom. The van der Waals surface area contributed by atoms with Crippen molar-refractivity contribution in [2.24, 2.45) is 0 Å². The van der Waals surface area contributed by atoms with Gasteiger partial charge in [0.05, 0.1) is 17.9 Å². The van der Waals surface area contributed by atoms with Crippen molar-refractivity contribution in [3.8, 4) is 0 Å². The van der Waals surface area contributed by atoms with Gasteiger partial charge < -0.3 is 4.74 Å². The van der Waals surface area contributed by atoms with Crippen LogP contribution in [0.5, 0.6) is 0 Å². The van der Waals surface area contributed by atoms with Crippen LogP contribution in [-0.2, 0) is 17.8 Å². The van der Waals surface area contributed by atoms with E-state index in [2.05, 4.69) is 27.9 Å². The molecule has 4 nitrogen and oxygen atoms in total. The van der Waals surface area contributed by atoms with E-state index in [1.54, 1.807) is 12.1 Å². The van der Waals surface area contributed by atoms with E-state index in [-0.39, 0.29) is 11.4 Å². The van der Waals surface area contributed by atoms with Crippen LogP contribution in [0, 0.1) is 5.82 Å². The van der Waals surface area contributed by atoms with Crippen molar-refractivity contribution in [1.82, 2.24) is 14.8 Å². The van der Waals surface area contributed by atoms with E-state index < -0.39 is 0 Å². The fourth-order valence-electron chi connectivity index (χ4n) is 4.29. The maximum atomic E-state index is 13.1. The third-order valence-corrected chi connectivity index (χ3v) is 6.04. The molecule has 1 spiro atoms. The van der Waals surface area contributed by atoms with E-state index in [0.717, 1.165) is 57.7 Å². The Bertz CT molecular complexity index is 729. The molecule has 0 amide bonds. The van der Waals surface area contributed by atoms with Gasteiger partial charge in [0.1, 0.15) is 5.82 Å². The first kappa shape index (κ1) is 18.5. The Morgan fingerprint density at radius 2 is 1.96 bits per heavy atom. The smallest absolute Gasteiger partial charge is 0.123 e. The number of likely N-dealkylation sites (tertiary alicyclic amines) is 1. The Balaban J connectivity index is 1.28. The van der Waals surface area contributed by atoms with E-state index in [4.69, 9.17) is 4.74 Å². The van der Waals surface area contributed by atoms with Crippen LogP contribution < -0.4 is 0 Å². The monoisotopic (exact) mass is 369 g/mol. The summed E-state index contributed by atoms with van der Waals surface area (Å²) >= 11 is 0. The van der Waals surface area contributed by atoms with Crippen LogP contribution >= 0.6 is 0 Å². The number of halogens is 1. The van der Waals surface area contributed by atoms with Gasteiger partial charge in [-0.3, -0.25) is 14.8 Å². The molecule has 1 aromatic carbocycles. The average Bonchev–Trinajstić information content (AvgIpc) is 3.10. The first-order valence-corrected chi connectivity index (χ1v) is 9.83. The molecule has 0 saturated carbocycles. The second kappa shape index (κ2) is 8.05. The molecule has 0 bridgehead atoms. The van der Waals surface area contributed by atoms with Crippen molar-refractivity contribution in [2.45, 2.75) is 44.0 Å². The predicted molar refractivity (Wildman–Crippen MR) is 104 cm³/mol. The average molecular weight is 369 g/mol. The lowest BCUT2D eigenvalue weighted by Gasteiger charge is -2.39. The number of pyridine rings is 1. The Kier molecular flexibility index (Phi) is 5.53. The van der Waals surface area contributed by atoms with Gasteiger partial charge in [-0.15, -0.1) is 0 Å². The SMILES string of the molecule is CN(Cc1ccccn1)C1COC2(CCN(Cc3ccc(F)cc3)CC2)C1. The first-order chi connectivity index (χ1) is 13.1. The molecule has 2 aliphatic rings. The summed E-state index contributed by atoms with van der Waals surface area (Å²) in [5.74, 6) is -0.170. The predicted octanol–water partition coefficient (Wildman–Crippen LogP) is 3.48. The maximum Gasteiger partial charge on any atom is 0.123 e. The molecule has 2 aromatic rings. The number of rotatable bonds is 5. The van der Waals surface area contributed by atoms with Crippen molar-refractivity contribution in [1.29, 1.82) is 0 Å². The molecule has 5 heteroatoms. The first-order valence-electron chi connectivity index (χ1n) is 9.83. The zero-order valence-corrected chi connectivity index (χ0v) is 16.0. The van der Waals surface area contributed by atoms with Crippen LogP contribution in [0.3, 0.4) is 0 Å². The third-order valence-electron chi connectivity index (χ3n) is 6.04. The van der Waals surface area contributed by atoms with Crippen LogP contribution in [-0.4, -0.2) is 53.2 Å². The van der Waals surface area contributed by atoms with E-state index >= 15 is 0 Å². The molecule has 0 N–H and O–H groups in total. The molecule has 2 saturated heterocycles. The maximum absolute atomic E-state index is 13.1. The zero-order valence-electron chi connectivity index (χ0n) is 16.0. The molecule has 1 atom stereocenters. The molecule has 1 aromatic heterocycles. The molecule has 1 unspecified atom stereocenters. The third kappa shape index (κ3) is 4.54. The van der Waals surface area contributed by atoms with Crippen LogP contribution in [0.1, 0.15) is 30.5 Å². The number of hydrogen-bond acceptors (Lipinski definition) is 4. The summed E-state index contributed by atoms with van der Waals surface area (Å²) in [6.07, 6.45) is 5.09. The molecule has 0 aliphatic carbocycles. The molecule has 3 heterocycles. The van der Waals surface area contributed by atoms with Crippen LogP contribution in [0.15, 0.2) is 48.7 Å². The highest BCUT2D eigenvalue weighted by molar-refractivity contribution is 5.16. The van der Waals surface area contributed by atoms with Crippen LogP contribution in [0.25, 0.3) is 0 Å². The van der Waals surface area contributed by atoms with Crippen LogP contribution in [0.2, 0.25) is 0 Å². The molecule has 144 valence electrons. The minimum Gasteiger partial charge on any atom is -0.373 e. The van der Waals surface area contributed by atoms with Crippen molar-refractivity contribution >= 4 is 0 Å². The van der Waals surface area contributed by atoms with Gasteiger partial charge in [0, 0.05) is 38.4 Å². The van der Waals surface area contributed by atoms with Crippen molar-refractivity contribution in [3.63, 3.8) is 0 Å². The lowest BCUT2D eigenvalue weighted by Crippen LogP contribution is -2.44. The van der Waals surface area contributed by atoms with E-state index in [9.17, 15) is 4.39 Å². The second-order valence-electron chi connectivity index (χ2n) is 7.99. The Morgan fingerprint density at radius 3 is 2.67 bits per heavy atom. The largest absolute Gasteiger partial charge is 0.373 e. The van der Waals surface area contributed by atoms with Gasteiger partial charge in [-0.25, -0.2) is 4.39 Å². The summed E-state index contributed by atoms with van der Waals surface area (Å²) in [6, 6.07) is 13.4. The van der Waals surface area contributed by atoms with E-state index in [0.29, 0.717) is 6.04 Å². The van der Waals surface area contributed by atoms with Crippen LogP contribution in [0.4, 0.5) is 4.39 Å². The molecule has 27 heavy (non-hydrogen) atoms. The minimum absolute atomic E-state index is 0.0301. The lowest BCUT2D eigenvalue weighted by molar-refractivity contribution is -0.0452. The highest BCUT2D eigenvalue weighted by Crippen LogP contribution is 2.37. The summed E-state index contributed by atoms with van der Waals surface area (Å²) in [7, 11) is 2.17. The number of ether oxygens (including phenoxy) is 1. The number of nitrogens with zero attached hydrogens (tertiary/aromatic N) is 3. The quantitative estimate of drug-likeness (QED) is 0.807. The number of benzene rings is 1. The lowest BCUT2D eigenvalue weighted by atomic mass is 9.87. The Labute approximate surface area is 161 Å². The number of hydrogen-bond donors (Lipinski definition) is 0. The summed E-state index contributed by atoms with van der Waals surface area (Å²) in [6.45, 7) is 4.63. The zero-order chi connectivity index (χ0) is 18.7. The molecule has 0 radical (unpaired) electrons. The van der Waals surface area contributed by atoms with Gasteiger partial charge in [-0.2, -0.15) is 0 Å². The second-order valence-corrected chi connectivity index (χ2v) is 7.99. The van der Waals surface area contributed by atoms with Gasteiger partial charge in [0.15, 0.2) is 0 Å². The number of likely N-dealkylation sites (N-methyl/N-ethyl adjacent to an activating group) is 1. The minimum atomic E-state index is -0.170. The van der Waals surface area contributed by atoms with Crippen molar-refractivity contribution < 1.29 is 9.13 Å². The van der Waals surface area contributed by atoms with Gasteiger partial charge >= 0.3 is 0 Å². The van der Waals surface area contributed by atoms with Gasteiger partial charge in [0.25, 0.3) is 0 Å². The summed E-state index contributed by atoms with van der Waals surface area (Å²) in [5, 5.41) is 0. The fourth-order valence-corrected chi connectivity index (χ4v) is 4.29. The fraction of sp³-hybridized carbons (Fsp3) is 0.500. The van der Waals surface area contributed by atoms with Gasteiger partial charge in [0.2, 0.25) is 0 Å². The number of piperidine rings is 1. The van der Waals surface area contributed by atoms with Gasteiger partial charge in [-0.05, 0) is 56.1 Å². The highest BCUT2D eigenvalue weighted by atomic mass is 19.1. The molecular weight excluding hydrogens is 341 g/mol. The topological polar surface area (TPSA) is 28.6 Å². The van der Waals surface area contributed by atoms with Crippen molar-refractivity contribution in [2.75, 3.05) is 26.7 Å². The summed E-state index contributed by atoms with van der Waals surface area (Å²) in [4.78, 5) is 9.26. The summed E-state index contributed by atoms with van der Waals surface area (Å²) < 4.78 is 19.4. The highest BCUT2D eigenvalue weighted by Gasteiger charge is 2.43. The molecular formula is C22H28FN3O. The summed E-state index contributed by atoms with van der Waals surface area (Å²) in [5.41, 5.74) is 2.31. The van der Waals surface area contributed by atoms with E-state index in [1.807, 2.05) is 30.5 Å². The normalized spacial score (nSPS) is 22.6. The standard InChI is InChI=1S/C22H28FN3O/c1-25(16-20-4-2-3-11-24-20)21-14-22(27-17-21)9-12-26(13-10-22)15-18-5-7-19(23)8-6-18/h2-8,11,21H,9-10,12-17H2,1H3.